The number of amidine groups is 1. The number of aryl methyl sites for hydroxylation is 3. The topological polar surface area (TPSA) is 66.8 Å². The molecule has 0 aliphatic carbocycles. The number of thioether (sulfide) groups is 1. The summed E-state index contributed by atoms with van der Waals surface area (Å²) in [5.41, 5.74) is 5.01. The third-order valence-corrected chi connectivity index (χ3v) is 9.09. The van der Waals surface area contributed by atoms with E-state index in [1.165, 1.54) is 11.8 Å². The van der Waals surface area contributed by atoms with Gasteiger partial charge in [0.05, 0.1) is 24.0 Å². The molecule has 0 saturated carbocycles. The van der Waals surface area contributed by atoms with Gasteiger partial charge in [0.2, 0.25) is 0 Å². The number of aliphatic imine (C=N–C) groups is 1. The van der Waals surface area contributed by atoms with Gasteiger partial charge in [0, 0.05) is 15.4 Å². The zero-order chi connectivity index (χ0) is 21.6. The molecule has 2 saturated heterocycles. The molecule has 0 bridgehead atoms. The van der Waals surface area contributed by atoms with Crippen LogP contribution in [0.2, 0.25) is 0 Å². The number of fused-ring (bicyclic) bond motifs is 1. The fraction of sp³-hybridized carbons (Fsp3) is 0.364. The van der Waals surface area contributed by atoms with Crippen molar-refractivity contribution < 1.29 is 13.2 Å². The molecule has 2 aromatic rings. The van der Waals surface area contributed by atoms with E-state index >= 15 is 0 Å². The zero-order valence-electron chi connectivity index (χ0n) is 17.1. The summed E-state index contributed by atoms with van der Waals surface area (Å²) >= 11 is 4.94. The summed E-state index contributed by atoms with van der Waals surface area (Å²) in [6, 6.07) is 11.7. The van der Waals surface area contributed by atoms with Crippen molar-refractivity contribution in [1.82, 2.24) is 0 Å². The van der Waals surface area contributed by atoms with Crippen molar-refractivity contribution in [2.24, 2.45) is 4.99 Å². The van der Waals surface area contributed by atoms with Crippen LogP contribution in [-0.2, 0) is 21.1 Å². The highest BCUT2D eigenvalue weighted by molar-refractivity contribution is 9.10. The molecule has 2 aliphatic rings. The fourth-order valence-electron chi connectivity index (χ4n) is 4.25. The Balaban J connectivity index is 1.71. The lowest BCUT2D eigenvalue weighted by molar-refractivity contribution is -0.117. The molecule has 8 heteroatoms. The zero-order valence-corrected chi connectivity index (χ0v) is 20.3. The van der Waals surface area contributed by atoms with Crippen molar-refractivity contribution >= 4 is 54.3 Å². The lowest BCUT2D eigenvalue weighted by Gasteiger charge is -2.28. The molecule has 0 N–H and O–H groups in total. The van der Waals surface area contributed by atoms with E-state index in [1.807, 2.05) is 62.1 Å². The molecule has 2 atom stereocenters. The van der Waals surface area contributed by atoms with Crippen LogP contribution in [0.4, 0.5) is 5.69 Å². The highest BCUT2D eigenvalue weighted by Crippen LogP contribution is 2.43. The van der Waals surface area contributed by atoms with Gasteiger partial charge in [0.15, 0.2) is 15.0 Å². The van der Waals surface area contributed by atoms with E-state index < -0.39 is 9.84 Å². The lowest BCUT2D eigenvalue weighted by atomic mass is 10.1. The maximum absolute atomic E-state index is 12.8. The van der Waals surface area contributed by atoms with Crippen molar-refractivity contribution in [3.8, 4) is 0 Å². The summed E-state index contributed by atoms with van der Waals surface area (Å²) in [7, 11) is -3.10. The van der Waals surface area contributed by atoms with E-state index in [4.69, 9.17) is 0 Å². The van der Waals surface area contributed by atoms with E-state index in [0.717, 1.165) is 32.4 Å². The molecule has 1 amide bonds. The lowest BCUT2D eigenvalue weighted by Crippen LogP contribution is -2.38. The van der Waals surface area contributed by atoms with Gasteiger partial charge in [0.25, 0.3) is 5.91 Å². The predicted octanol–water partition coefficient (Wildman–Crippen LogP) is 4.22. The Morgan fingerprint density at radius 3 is 2.53 bits per heavy atom. The third-order valence-electron chi connectivity index (χ3n) is 5.42. The number of anilines is 1. The van der Waals surface area contributed by atoms with Crippen LogP contribution < -0.4 is 4.90 Å². The second kappa shape index (κ2) is 8.13. The molecular formula is C22H23BrN2O3S2. The molecule has 5 nitrogen and oxygen atoms in total. The molecule has 2 fully saturated rings. The van der Waals surface area contributed by atoms with Crippen molar-refractivity contribution in [2.75, 3.05) is 16.4 Å². The van der Waals surface area contributed by atoms with Crippen molar-refractivity contribution in [3.05, 3.63) is 63.1 Å². The molecule has 0 unspecified atom stereocenters. The molecule has 2 aromatic carbocycles. The van der Waals surface area contributed by atoms with Crippen LogP contribution in [0.25, 0.3) is 0 Å². The quantitative estimate of drug-likeness (QED) is 0.623. The molecule has 0 aromatic heterocycles. The van der Waals surface area contributed by atoms with Gasteiger partial charge in [-0.05, 0) is 49.6 Å². The van der Waals surface area contributed by atoms with Crippen LogP contribution in [0.3, 0.4) is 0 Å². The molecule has 2 heterocycles. The fourth-order valence-corrected chi connectivity index (χ4v) is 8.86. The number of hydrogen-bond donors (Lipinski definition) is 0. The molecule has 0 radical (unpaired) electrons. The Bertz CT molecular complexity index is 1140. The van der Waals surface area contributed by atoms with Gasteiger partial charge < -0.3 is 4.90 Å². The number of hydrogen-bond acceptors (Lipinski definition) is 4. The standard InChI is InChI=1S/C22H23BrN2O3S2/c1-13-5-4-6-16(7-13)10-20(26)24-22-25(18-11-30(27,28)12-19(18)29-22)21-14(2)8-17(23)9-15(21)3/h4-9,18-19H,10-12H2,1-3H3/t18-,19-/m1/s1. The smallest absolute Gasteiger partial charge is 0.252 e. The van der Waals surface area contributed by atoms with Crippen LogP contribution in [0.15, 0.2) is 45.9 Å². The van der Waals surface area contributed by atoms with Gasteiger partial charge >= 0.3 is 0 Å². The number of carbonyl (C=O) groups excluding carboxylic acids is 1. The predicted molar refractivity (Wildman–Crippen MR) is 127 cm³/mol. The first-order valence-electron chi connectivity index (χ1n) is 9.73. The minimum absolute atomic E-state index is 0.0880. The van der Waals surface area contributed by atoms with Crippen LogP contribution in [0.1, 0.15) is 22.3 Å². The minimum Gasteiger partial charge on any atom is -0.315 e. The summed E-state index contributed by atoms with van der Waals surface area (Å²) in [6.45, 7) is 6.00. The Morgan fingerprint density at radius 1 is 1.17 bits per heavy atom. The maximum Gasteiger partial charge on any atom is 0.252 e. The van der Waals surface area contributed by atoms with Gasteiger partial charge in [-0.25, -0.2) is 8.42 Å². The maximum atomic E-state index is 12.8. The first kappa shape index (κ1) is 21.6. The van der Waals surface area contributed by atoms with Crippen molar-refractivity contribution in [1.29, 1.82) is 0 Å². The summed E-state index contributed by atoms with van der Waals surface area (Å²) in [4.78, 5) is 19.2. The normalized spacial score (nSPS) is 23.7. The number of sulfone groups is 1. The van der Waals surface area contributed by atoms with Crippen LogP contribution in [0, 0.1) is 20.8 Å². The number of carbonyl (C=O) groups is 1. The number of benzene rings is 2. The summed E-state index contributed by atoms with van der Waals surface area (Å²) in [6.07, 6.45) is 0.228. The molecule has 30 heavy (non-hydrogen) atoms. The van der Waals surface area contributed by atoms with Gasteiger partial charge in [-0.2, -0.15) is 4.99 Å². The van der Waals surface area contributed by atoms with Crippen LogP contribution in [0.5, 0.6) is 0 Å². The highest BCUT2D eigenvalue weighted by atomic mass is 79.9. The number of rotatable bonds is 3. The second-order valence-corrected chi connectivity index (χ2v) is 12.3. The Labute approximate surface area is 190 Å². The Morgan fingerprint density at radius 2 is 1.87 bits per heavy atom. The monoisotopic (exact) mass is 506 g/mol. The van der Waals surface area contributed by atoms with E-state index in [1.54, 1.807) is 0 Å². The van der Waals surface area contributed by atoms with Crippen LogP contribution >= 0.6 is 27.7 Å². The van der Waals surface area contributed by atoms with Crippen molar-refractivity contribution in [3.63, 3.8) is 0 Å². The first-order valence-corrected chi connectivity index (χ1v) is 13.2. The Hall–Kier alpha value is -1.64. The van der Waals surface area contributed by atoms with Gasteiger partial charge in [-0.1, -0.05) is 57.5 Å². The summed E-state index contributed by atoms with van der Waals surface area (Å²) in [5.74, 6) is -0.00757. The molecule has 158 valence electrons. The average molecular weight is 507 g/mol. The summed E-state index contributed by atoms with van der Waals surface area (Å²) < 4.78 is 25.6. The van der Waals surface area contributed by atoms with E-state index in [0.29, 0.717) is 5.17 Å². The van der Waals surface area contributed by atoms with Gasteiger partial charge in [0.1, 0.15) is 0 Å². The van der Waals surface area contributed by atoms with E-state index in [-0.39, 0.29) is 35.1 Å². The largest absolute Gasteiger partial charge is 0.315 e. The molecule has 2 aliphatic heterocycles. The second-order valence-electron chi connectivity index (χ2n) is 8.01. The first-order chi connectivity index (χ1) is 14.1. The third kappa shape index (κ3) is 4.36. The highest BCUT2D eigenvalue weighted by Gasteiger charge is 2.50. The minimum atomic E-state index is -3.10. The SMILES string of the molecule is Cc1cccc(CC(=O)N=C2S[C@@H]3CS(=O)(=O)C[C@H]3N2c2c(C)cc(Br)cc2C)c1. The summed E-state index contributed by atoms with van der Waals surface area (Å²) in [5, 5.41) is 0.494. The van der Waals surface area contributed by atoms with Crippen molar-refractivity contribution in [2.45, 2.75) is 38.5 Å². The van der Waals surface area contributed by atoms with E-state index in [9.17, 15) is 13.2 Å². The number of amides is 1. The average Bonchev–Trinajstić information content (AvgIpc) is 3.06. The number of halogens is 1. The number of nitrogens with zero attached hydrogens (tertiary/aromatic N) is 2. The Kier molecular flexibility index (Phi) is 5.85. The molecular weight excluding hydrogens is 484 g/mol. The van der Waals surface area contributed by atoms with Crippen LogP contribution in [-0.4, -0.2) is 42.3 Å². The molecule has 0 spiro atoms. The van der Waals surface area contributed by atoms with Gasteiger partial charge in [-0.3, -0.25) is 4.79 Å². The molecule has 4 rings (SSSR count). The van der Waals surface area contributed by atoms with E-state index in [2.05, 4.69) is 20.9 Å². The van der Waals surface area contributed by atoms with Gasteiger partial charge in [-0.15, -0.1) is 0 Å².